The second kappa shape index (κ2) is 4.34. The molecule has 1 aromatic heterocycles. The number of fused-ring (bicyclic) bond motifs is 1. The van der Waals surface area contributed by atoms with Crippen molar-refractivity contribution in [3.8, 4) is 11.3 Å². The molecule has 1 heterocycles. The van der Waals surface area contributed by atoms with Crippen molar-refractivity contribution in [3.63, 3.8) is 0 Å². The summed E-state index contributed by atoms with van der Waals surface area (Å²) in [7, 11) is 0. The zero-order valence-corrected chi connectivity index (χ0v) is 9.65. The van der Waals surface area contributed by atoms with E-state index in [9.17, 15) is 0 Å². The molecule has 3 nitrogen and oxygen atoms in total. The summed E-state index contributed by atoms with van der Waals surface area (Å²) in [6.07, 6.45) is 4.92. The van der Waals surface area contributed by atoms with E-state index in [1.807, 2.05) is 0 Å². The molecule has 88 valence electrons. The lowest BCUT2D eigenvalue weighted by molar-refractivity contribution is 0.229. The van der Waals surface area contributed by atoms with Crippen molar-refractivity contribution in [2.75, 3.05) is 0 Å². The lowest BCUT2D eigenvalue weighted by Crippen LogP contribution is -2.02. The van der Waals surface area contributed by atoms with E-state index in [0.717, 1.165) is 17.7 Å². The Hall–Kier alpha value is -1.61. The molecule has 0 saturated carbocycles. The first-order valence-corrected chi connectivity index (χ1v) is 6.05. The zero-order chi connectivity index (χ0) is 11.7. The summed E-state index contributed by atoms with van der Waals surface area (Å²) < 4.78 is 5.01. The Morgan fingerprint density at radius 2 is 1.94 bits per heavy atom. The second-order valence-corrected chi connectivity index (χ2v) is 4.53. The molecule has 1 aliphatic rings. The van der Waals surface area contributed by atoms with E-state index < -0.39 is 0 Å². The third kappa shape index (κ3) is 1.98. The molecular weight excluding hydrogens is 214 g/mol. The highest BCUT2D eigenvalue weighted by atomic mass is 16.5. The van der Waals surface area contributed by atoms with Gasteiger partial charge in [-0.25, -0.2) is 0 Å². The number of aryl methyl sites for hydroxylation is 2. The number of nitrogens with zero attached hydrogens (tertiary/aromatic N) is 1. The van der Waals surface area contributed by atoms with Gasteiger partial charge in [-0.2, -0.15) is 0 Å². The number of hydrogen-bond donors (Lipinski definition) is 1. The molecule has 0 amide bonds. The van der Waals surface area contributed by atoms with E-state index in [1.54, 1.807) is 6.07 Å². The van der Waals surface area contributed by atoms with Gasteiger partial charge in [0.2, 0.25) is 0 Å². The first-order chi connectivity index (χ1) is 8.36. The van der Waals surface area contributed by atoms with Gasteiger partial charge in [0.05, 0.1) is 0 Å². The molecule has 1 aliphatic carbocycles. The number of rotatable bonds is 2. The van der Waals surface area contributed by atoms with Gasteiger partial charge in [-0.15, -0.1) is 0 Å². The van der Waals surface area contributed by atoms with Crippen LogP contribution in [0.5, 0.6) is 0 Å². The van der Waals surface area contributed by atoms with Crippen molar-refractivity contribution in [2.45, 2.75) is 32.3 Å². The summed E-state index contributed by atoms with van der Waals surface area (Å²) in [6.45, 7) is -0.0993. The maximum Gasteiger partial charge on any atom is 0.162 e. The van der Waals surface area contributed by atoms with Gasteiger partial charge in [-0.3, -0.25) is 0 Å². The number of aliphatic hydroxyl groups is 1. The lowest BCUT2D eigenvalue weighted by atomic mass is 9.90. The number of aliphatic hydroxyl groups excluding tert-OH is 1. The Morgan fingerprint density at radius 3 is 2.71 bits per heavy atom. The van der Waals surface area contributed by atoms with Gasteiger partial charge < -0.3 is 9.63 Å². The molecule has 0 fully saturated rings. The van der Waals surface area contributed by atoms with Gasteiger partial charge in [0, 0.05) is 11.6 Å². The molecule has 0 radical (unpaired) electrons. The molecule has 1 N–H and O–H groups in total. The van der Waals surface area contributed by atoms with Gasteiger partial charge >= 0.3 is 0 Å². The summed E-state index contributed by atoms with van der Waals surface area (Å²) >= 11 is 0. The molecule has 0 spiro atoms. The average molecular weight is 229 g/mol. The van der Waals surface area contributed by atoms with Gasteiger partial charge in [-0.05, 0) is 42.9 Å². The minimum absolute atomic E-state index is 0.0993. The molecular formula is C14H15NO2. The third-order valence-corrected chi connectivity index (χ3v) is 3.36. The number of hydrogen-bond acceptors (Lipinski definition) is 3. The van der Waals surface area contributed by atoms with Crippen LogP contribution in [0.2, 0.25) is 0 Å². The minimum Gasteiger partial charge on any atom is -0.388 e. The standard InChI is InChI=1S/C14H15NO2/c16-9-13-8-14(15-17-13)12-6-5-10-3-1-2-4-11(10)7-12/h5-8,16H,1-4,9H2. The Bertz CT molecular complexity index is 531. The summed E-state index contributed by atoms with van der Waals surface area (Å²) in [5.41, 5.74) is 4.78. The highest BCUT2D eigenvalue weighted by Crippen LogP contribution is 2.27. The van der Waals surface area contributed by atoms with Crippen LogP contribution in [0.1, 0.15) is 29.7 Å². The highest BCUT2D eigenvalue weighted by molar-refractivity contribution is 5.61. The quantitative estimate of drug-likeness (QED) is 0.861. The normalized spacial score (nSPS) is 14.6. The summed E-state index contributed by atoms with van der Waals surface area (Å²) in [5.74, 6) is 0.512. The smallest absolute Gasteiger partial charge is 0.162 e. The zero-order valence-electron chi connectivity index (χ0n) is 9.65. The van der Waals surface area contributed by atoms with E-state index in [0.29, 0.717) is 5.76 Å². The molecule has 1 aromatic carbocycles. The Balaban J connectivity index is 1.97. The lowest BCUT2D eigenvalue weighted by Gasteiger charge is -2.15. The molecule has 0 atom stereocenters. The topological polar surface area (TPSA) is 46.3 Å². The van der Waals surface area contributed by atoms with Crippen molar-refractivity contribution in [1.82, 2.24) is 5.16 Å². The first kappa shape index (κ1) is 10.5. The summed E-state index contributed by atoms with van der Waals surface area (Å²) in [4.78, 5) is 0. The van der Waals surface area contributed by atoms with Gasteiger partial charge in [0.1, 0.15) is 12.3 Å². The van der Waals surface area contributed by atoms with E-state index in [2.05, 4.69) is 23.4 Å². The maximum absolute atomic E-state index is 8.96. The molecule has 17 heavy (non-hydrogen) atoms. The van der Waals surface area contributed by atoms with Crippen LogP contribution in [0, 0.1) is 0 Å². The molecule has 3 heteroatoms. The van der Waals surface area contributed by atoms with Crippen LogP contribution in [-0.4, -0.2) is 10.3 Å². The molecule has 2 aromatic rings. The van der Waals surface area contributed by atoms with E-state index in [-0.39, 0.29) is 6.61 Å². The fourth-order valence-corrected chi connectivity index (χ4v) is 2.42. The summed E-state index contributed by atoms with van der Waals surface area (Å²) in [6, 6.07) is 8.28. The fourth-order valence-electron chi connectivity index (χ4n) is 2.42. The molecule has 0 saturated heterocycles. The van der Waals surface area contributed by atoms with Crippen LogP contribution in [0.4, 0.5) is 0 Å². The molecule has 0 unspecified atom stereocenters. The Kier molecular flexibility index (Phi) is 2.69. The SMILES string of the molecule is OCc1cc(-c2ccc3c(c2)CCCC3)no1. The summed E-state index contributed by atoms with van der Waals surface area (Å²) in [5, 5.41) is 12.9. The van der Waals surface area contributed by atoms with Crippen molar-refractivity contribution >= 4 is 0 Å². The fraction of sp³-hybridized carbons (Fsp3) is 0.357. The van der Waals surface area contributed by atoms with E-state index in [4.69, 9.17) is 9.63 Å². The van der Waals surface area contributed by atoms with Crippen molar-refractivity contribution < 1.29 is 9.63 Å². The third-order valence-electron chi connectivity index (χ3n) is 3.36. The van der Waals surface area contributed by atoms with Gasteiger partial charge in [-0.1, -0.05) is 17.3 Å². The van der Waals surface area contributed by atoms with Crippen LogP contribution in [-0.2, 0) is 19.4 Å². The predicted molar refractivity (Wildman–Crippen MR) is 64.5 cm³/mol. The molecule has 0 bridgehead atoms. The first-order valence-electron chi connectivity index (χ1n) is 6.05. The van der Waals surface area contributed by atoms with E-state index in [1.165, 1.54) is 30.4 Å². The van der Waals surface area contributed by atoms with Crippen LogP contribution in [0.25, 0.3) is 11.3 Å². The van der Waals surface area contributed by atoms with Crippen molar-refractivity contribution in [1.29, 1.82) is 0 Å². The minimum atomic E-state index is -0.0993. The largest absolute Gasteiger partial charge is 0.388 e. The monoisotopic (exact) mass is 229 g/mol. The predicted octanol–water partition coefficient (Wildman–Crippen LogP) is 2.71. The van der Waals surface area contributed by atoms with Crippen LogP contribution < -0.4 is 0 Å². The molecule has 0 aliphatic heterocycles. The maximum atomic E-state index is 8.96. The number of benzene rings is 1. The van der Waals surface area contributed by atoms with Gasteiger partial charge in [0.25, 0.3) is 0 Å². The second-order valence-electron chi connectivity index (χ2n) is 4.53. The van der Waals surface area contributed by atoms with Crippen LogP contribution >= 0.6 is 0 Å². The average Bonchev–Trinajstić information content (AvgIpc) is 2.87. The van der Waals surface area contributed by atoms with Crippen molar-refractivity contribution in [2.24, 2.45) is 0 Å². The van der Waals surface area contributed by atoms with Crippen LogP contribution in [0.3, 0.4) is 0 Å². The Labute approximate surface area is 100 Å². The van der Waals surface area contributed by atoms with Gasteiger partial charge in [0.15, 0.2) is 5.76 Å². The van der Waals surface area contributed by atoms with E-state index >= 15 is 0 Å². The van der Waals surface area contributed by atoms with Crippen molar-refractivity contribution in [3.05, 3.63) is 41.2 Å². The Morgan fingerprint density at radius 1 is 1.12 bits per heavy atom. The highest BCUT2D eigenvalue weighted by Gasteiger charge is 2.12. The van der Waals surface area contributed by atoms with Crippen LogP contribution in [0.15, 0.2) is 28.8 Å². The number of aromatic nitrogens is 1. The molecule has 3 rings (SSSR count).